The summed E-state index contributed by atoms with van der Waals surface area (Å²) in [5.41, 5.74) is 0.514. The van der Waals surface area contributed by atoms with Gasteiger partial charge in [-0.15, -0.1) is 0 Å². The Morgan fingerprint density at radius 3 is 1.17 bits per heavy atom. The van der Waals surface area contributed by atoms with Crippen molar-refractivity contribution in [2.75, 3.05) is 0 Å². The van der Waals surface area contributed by atoms with Gasteiger partial charge in [0, 0.05) is 14.7 Å². The van der Waals surface area contributed by atoms with Crippen LogP contribution in [-0.2, 0) is 13.7 Å². The van der Waals surface area contributed by atoms with Crippen LogP contribution in [0, 0.1) is 6.92 Å². The van der Waals surface area contributed by atoms with Crippen molar-refractivity contribution in [1.29, 1.82) is 0 Å². The second-order valence-corrected chi connectivity index (χ2v) is 13.5. The molecule has 0 spiro atoms. The van der Waals surface area contributed by atoms with E-state index in [-0.39, 0.29) is 14.7 Å². The van der Waals surface area contributed by atoms with E-state index in [0.717, 1.165) is 36.4 Å². The third-order valence-electron chi connectivity index (χ3n) is 6.42. The molecule has 0 aliphatic heterocycles. The smallest absolute Gasteiger partial charge is 0.209 e. The first-order valence-corrected chi connectivity index (χ1v) is 14.2. The Morgan fingerprint density at radius 2 is 0.805 bits per heavy atom. The first-order valence-electron chi connectivity index (χ1n) is 11.2. The minimum atomic E-state index is -7.73. The summed E-state index contributed by atoms with van der Waals surface area (Å²) in [5.74, 6) is -38.1. The highest BCUT2D eigenvalue weighted by atomic mass is 32.3. The number of hydrogen-bond donors (Lipinski definition) is 0. The molecule has 0 unspecified atom stereocenters. The van der Waals surface area contributed by atoms with Gasteiger partial charge in [-0.3, -0.25) is 0 Å². The molecule has 224 valence electrons. The molecule has 0 atom stereocenters. The van der Waals surface area contributed by atoms with Crippen LogP contribution < -0.4 is 0 Å². The lowest BCUT2D eigenvalue weighted by Crippen LogP contribution is -2.85. The largest absolute Gasteiger partial charge is 0.384 e. The summed E-state index contributed by atoms with van der Waals surface area (Å²) in [6.45, 7) is 1.55. The Kier molecular flexibility index (Phi) is 7.07. The molecule has 3 nitrogen and oxygen atoms in total. The number of aryl methyl sites for hydroxylation is 1. The number of hydrogen-bond acceptors (Lipinski definition) is 3. The van der Waals surface area contributed by atoms with Crippen LogP contribution in [0.2, 0.25) is 0 Å². The maximum absolute atomic E-state index is 15.9. The Bertz CT molecular complexity index is 1460. The van der Waals surface area contributed by atoms with Crippen LogP contribution in [-0.4, -0.2) is 43.0 Å². The molecule has 0 N–H and O–H groups in total. The van der Waals surface area contributed by atoms with Gasteiger partial charge in [0.2, 0.25) is 0 Å². The van der Waals surface area contributed by atoms with E-state index < -0.39 is 55.0 Å². The zero-order chi connectivity index (χ0) is 30.9. The fraction of sp³-hybridized carbons (Fsp3) is 0.280. The zero-order valence-corrected chi connectivity index (χ0v) is 21.9. The SMILES string of the molecule is Cc1ccc(S(OS(=O)(=O)C2(F)C(F)(F)C(F)(F)C(F)(F)C(F)(F)C2(F)F)(c2ccccc2)c2ccccc2)cc1. The van der Waals surface area contributed by atoms with Crippen LogP contribution in [0.3, 0.4) is 0 Å². The van der Waals surface area contributed by atoms with Gasteiger partial charge in [-0.1, -0.05) is 54.1 Å². The van der Waals surface area contributed by atoms with E-state index in [1.165, 1.54) is 48.5 Å². The number of rotatable bonds is 6. The van der Waals surface area contributed by atoms with Crippen LogP contribution >= 0.6 is 10.3 Å². The third-order valence-corrected chi connectivity index (χ3v) is 12.0. The maximum atomic E-state index is 15.9. The molecular formula is C25H17F11O3S2. The van der Waals surface area contributed by atoms with Gasteiger partial charge in [0.15, 0.2) is 0 Å². The van der Waals surface area contributed by atoms with Crippen LogP contribution in [0.4, 0.5) is 48.3 Å². The van der Waals surface area contributed by atoms with Crippen molar-refractivity contribution in [2.45, 2.75) is 56.2 Å². The van der Waals surface area contributed by atoms with Gasteiger partial charge in [-0.25, -0.2) is 8.02 Å². The number of halogens is 11. The van der Waals surface area contributed by atoms with Crippen molar-refractivity contribution < 1.29 is 60.3 Å². The van der Waals surface area contributed by atoms with Crippen LogP contribution in [0.1, 0.15) is 5.56 Å². The van der Waals surface area contributed by atoms with Gasteiger partial charge < -0.3 is 0 Å². The topological polar surface area (TPSA) is 43.4 Å². The predicted octanol–water partition coefficient (Wildman–Crippen LogP) is 8.39. The molecule has 0 aromatic heterocycles. The summed E-state index contributed by atoms with van der Waals surface area (Å²) < 4.78 is 191. The van der Waals surface area contributed by atoms with Crippen molar-refractivity contribution in [3.63, 3.8) is 0 Å². The first-order chi connectivity index (χ1) is 18.7. The monoisotopic (exact) mass is 638 g/mol. The van der Waals surface area contributed by atoms with E-state index in [1.807, 2.05) is 0 Å². The lowest BCUT2D eigenvalue weighted by molar-refractivity contribution is -0.470. The Balaban J connectivity index is 2.11. The molecule has 3 aromatic rings. The summed E-state index contributed by atoms with van der Waals surface area (Å²) in [7, 11) is -12.0. The van der Waals surface area contributed by atoms with Crippen molar-refractivity contribution in [2.24, 2.45) is 0 Å². The number of alkyl halides is 11. The van der Waals surface area contributed by atoms with Crippen molar-refractivity contribution in [3.8, 4) is 0 Å². The summed E-state index contributed by atoms with van der Waals surface area (Å²) in [4.78, 5) is -0.971. The standard InChI is InChI=1S/C25H17F11O3S2/c1-16-12-14-19(15-13-16)40(17-8-4-2-5-9-17,18-10-6-3-7-11-18)39-41(37,38)25(36)23(32,33)21(28,29)20(26,27)22(30,31)24(25,34)35/h2-15H,1H3. The minimum Gasteiger partial charge on any atom is -0.209 e. The first kappa shape index (κ1) is 31.1. The molecule has 41 heavy (non-hydrogen) atoms. The van der Waals surface area contributed by atoms with Crippen LogP contribution in [0.25, 0.3) is 0 Å². The molecular weight excluding hydrogens is 621 g/mol. The molecule has 0 bridgehead atoms. The van der Waals surface area contributed by atoms with Crippen LogP contribution in [0.15, 0.2) is 99.6 Å². The second kappa shape index (κ2) is 9.33. The van der Waals surface area contributed by atoms with E-state index in [4.69, 9.17) is 3.63 Å². The molecule has 0 saturated heterocycles. The van der Waals surface area contributed by atoms with Gasteiger partial charge in [0.05, 0.1) is 0 Å². The Hall–Kier alpha value is -2.85. The Morgan fingerprint density at radius 1 is 0.488 bits per heavy atom. The van der Waals surface area contributed by atoms with E-state index in [1.54, 1.807) is 6.92 Å². The quantitative estimate of drug-likeness (QED) is 0.255. The highest BCUT2D eigenvalue weighted by molar-refractivity contribution is 8.33. The van der Waals surface area contributed by atoms with Gasteiger partial charge in [0.1, 0.15) is 0 Å². The molecule has 1 aliphatic rings. The van der Waals surface area contributed by atoms with Gasteiger partial charge >= 0.3 is 44.7 Å². The normalized spacial score (nSPS) is 22.5. The summed E-state index contributed by atoms with van der Waals surface area (Å²) >= 11 is 0. The maximum Gasteiger partial charge on any atom is 0.384 e. The molecule has 1 fully saturated rings. The van der Waals surface area contributed by atoms with E-state index >= 15 is 4.39 Å². The molecule has 3 aromatic carbocycles. The van der Waals surface area contributed by atoms with E-state index in [0.29, 0.717) is 5.56 Å². The highest BCUT2D eigenvalue weighted by Crippen LogP contribution is 2.75. The lowest BCUT2D eigenvalue weighted by Gasteiger charge is -2.52. The molecule has 16 heteroatoms. The molecule has 0 amide bonds. The summed E-state index contributed by atoms with van der Waals surface area (Å²) in [6.07, 6.45) is 0. The third kappa shape index (κ3) is 3.78. The lowest BCUT2D eigenvalue weighted by atomic mass is 9.81. The van der Waals surface area contributed by atoms with Crippen molar-refractivity contribution in [3.05, 3.63) is 90.5 Å². The van der Waals surface area contributed by atoms with Crippen molar-refractivity contribution >= 4 is 20.4 Å². The fourth-order valence-electron chi connectivity index (χ4n) is 4.17. The fourth-order valence-corrected chi connectivity index (χ4v) is 9.86. The van der Waals surface area contributed by atoms with Crippen LogP contribution in [0.5, 0.6) is 0 Å². The molecule has 0 radical (unpaired) electrons. The van der Waals surface area contributed by atoms with E-state index in [9.17, 15) is 52.3 Å². The van der Waals surface area contributed by atoms with Gasteiger partial charge in [0.25, 0.3) is 0 Å². The minimum absolute atomic E-state index is 0.320. The summed E-state index contributed by atoms with van der Waals surface area (Å²) in [6, 6.07) is 16.9. The van der Waals surface area contributed by atoms with Crippen molar-refractivity contribution in [1.82, 2.24) is 0 Å². The average molecular weight is 639 g/mol. The summed E-state index contributed by atoms with van der Waals surface area (Å²) in [5, 5.41) is -7.39. The molecule has 1 aliphatic carbocycles. The van der Waals surface area contributed by atoms with E-state index in [2.05, 4.69) is 0 Å². The molecule has 4 rings (SSSR count). The van der Waals surface area contributed by atoms with Gasteiger partial charge in [-0.2, -0.15) is 52.3 Å². The molecule has 1 saturated carbocycles. The van der Waals surface area contributed by atoms with Gasteiger partial charge in [-0.05, 0) is 53.6 Å². The highest BCUT2D eigenvalue weighted by Gasteiger charge is 3.04. The molecule has 0 heterocycles. The average Bonchev–Trinajstić information content (AvgIpc) is 2.91. The number of benzene rings is 3. The Labute approximate surface area is 227 Å². The second-order valence-electron chi connectivity index (χ2n) is 8.98. The zero-order valence-electron chi connectivity index (χ0n) is 20.3. The predicted molar refractivity (Wildman–Crippen MR) is 125 cm³/mol.